The number of esters is 1. The third kappa shape index (κ3) is 7.08. The summed E-state index contributed by atoms with van der Waals surface area (Å²) in [5, 5.41) is 5.64. The number of amides is 2. The molecule has 0 aliphatic heterocycles. The highest BCUT2D eigenvalue weighted by Gasteiger charge is 2.08. The molecule has 0 spiro atoms. The van der Waals surface area contributed by atoms with Crippen LogP contribution in [0, 0.1) is 0 Å². The highest BCUT2D eigenvalue weighted by molar-refractivity contribution is 8.00. The minimum Gasteiger partial charge on any atom is -0.462 e. The third-order valence-corrected chi connectivity index (χ3v) is 4.64. The van der Waals surface area contributed by atoms with Crippen LogP contribution in [0.4, 0.5) is 11.4 Å². The van der Waals surface area contributed by atoms with Crippen molar-refractivity contribution in [1.82, 2.24) is 0 Å². The lowest BCUT2D eigenvalue weighted by Gasteiger charge is -2.08. The monoisotopic (exact) mass is 400 g/mol. The van der Waals surface area contributed by atoms with Gasteiger partial charge in [-0.1, -0.05) is 13.0 Å². The van der Waals surface area contributed by atoms with E-state index >= 15 is 0 Å². The third-order valence-electron chi connectivity index (χ3n) is 3.64. The molecule has 6 nitrogen and oxygen atoms in total. The number of carbonyl (C=O) groups excluding carboxylic acids is 3. The van der Waals surface area contributed by atoms with Crippen molar-refractivity contribution < 1.29 is 19.1 Å². The van der Waals surface area contributed by atoms with Crippen LogP contribution in [0.5, 0.6) is 0 Å². The summed E-state index contributed by atoms with van der Waals surface area (Å²) in [6.07, 6.45) is 1.27. The molecule has 0 unspecified atom stereocenters. The van der Waals surface area contributed by atoms with Crippen LogP contribution in [0.2, 0.25) is 0 Å². The van der Waals surface area contributed by atoms with Crippen LogP contribution in [0.1, 0.15) is 37.0 Å². The van der Waals surface area contributed by atoms with E-state index in [1.165, 1.54) is 11.8 Å². The number of anilines is 2. The molecule has 2 aromatic carbocycles. The molecule has 2 rings (SSSR count). The number of hydrogen-bond donors (Lipinski definition) is 2. The Morgan fingerprint density at radius 1 is 0.929 bits per heavy atom. The largest absolute Gasteiger partial charge is 0.462 e. The maximum Gasteiger partial charge on any atom is 0.338 e. The molecule has 0 saturated carbocycles. The highest BCUT2D eigenvalue weighted by atomic mass is 32.2. The van der Waals surface area contributed by atoms with Crippen molar-refractivity contribution in [2.45, 2.75) is 31.6 Å². The molecule has 0 bridgehead atoms. The van der Waals surface area contributed by atoms with Gasteiger partial charge in [-0.15, -0.1) is 11.8 Å². The second-order valence-corrected chi connectivity index (χ2v) is 7.01. The second-order valence-electron chi connectivity index (χ2n) is 5.96. The Morgan fingerprint density at radius 2 is 1.64 bits per heavy atom. The summed E-state index contributed by atoms with van der Waals surface area (Å²) in [6.45, 7) is 4.02. The smallest absolute Gasteiger partial charge is 0.338 e. The van der Waals surface area contributed by atoms with Gasteiger partial charge in [0.2, 0.25) is 11.8 Å². The summed E-state index contributed by atoms with van der Waals surface area (Å²) in [6, 6.07) is 14.0. The van der Waals surface area contributed by atoms with Crippen LogP contribution in [-0.2, 0) is 14.3 Å². The van der Waals surface area contributed by atoms with Gasteiger partial charge in [0.05, 0.1) is 17.9 Å². The fourth-order valence-corrected chi connectivity index (χ4v) is 3.12. The molecule has 0 heterocycles. The minimum atomic E-state index is -0.387. The van der Waals surface area contributed by atoms with E-state index in [9.17, 15) is 14.4 Å². The maximum atomic E-state index is 12.2. The molecular formula is C21H24N2O4S. The second kappa shape index (κ2) is 11.1. The first-order chi connectivity index (χ1) is 13.5. The molecule has 28 heavy (non-hydrogen) atoms. The Hall–Kier alpha value is -2.80. The van der Waals surface area contributed by atoms with E-state index in [1.54, 1.807) is 31.2 Å². The van der Waals surface area contributed by atoms with Gasteiger partial charge in [0, 0.05) is 22.7 Å². The molecule has 2 N–H and O–H groups in total. The molecule has 7 heteroatoms. The average Bonchev–Trinajstić information content (AvgIpc) is 2.67. The van der Waals surface area contributed by atoms with E-state index in [0.29, 0.717) is 24.3 Å². The molecule has 148 valence electrons. The molecule has 0 aliphatic rings. The van der Waals surface area contributed by atoms with Crippen LogP contribution >= 0.6 is 11.8 Å². The van der Waals surface area contributed by atoms with Gasteiger partial charge in [0.25, 0.3) is 0 Å². The van der Waals surface area contributed by atoms with Gasteiger partial charge in [-0.25, -0.2) is 4.79 Å². The lowest BCUT2D eigenvalue weighted by molar-refractivity contribution is -0.116. The Kier molecular flexibility index (Phi) is 8.55. The Bertz CT molecular complexity index is 821. The number of hydrogen-bond acceptors (Lipinski definition) is 5. The summed E-state index contributed by atoms with van der Waals surface area (Å²) in [7, 11) is 0. The van der Waals surface area contributed by atoms with Gasteiger partial charge < -0.3 is 15.4 Å². The van der Waals surface area contributed by atoms with Crippen molar-refractivity contribution in [3.8, 4) is 0 Å². The number of carbonyl (C=O) groups is 3. The van der Waals surface area contributed by atoms with Gasteiger partial charge in [0.1, 0.15) is 0 Å². The van der Waals surface area contributed by atoms with Crippen LogP contribution in [0.3, 0.4) is 0 Å². The molecule has 0 aromatic heterocycles. The van der Waals surface area contributed by atoms with Gasteiger partial charge >= 0.3 is 5.97 Å². The minimum absolute atomic E-state index is 0.0198. The normalized spacial score (nSPS) is 10.2. The molecule has 0 saturated heterocycles. The van der Waals surface area contributed by atoms with Crippen LogP contribution in [-0.4, -0.2) is 30.1 Å². The van der Waals surface area contributed by atoms with Crippen molar-refractivity contribution in [3.05, 3.63) is 54.1 Å². The van der Waals surface area contributed by atoms with Crippen LogP contribution in [0.15, 0.2) is 53.4 Å². The van der Waals surface area contributed by atoms with Crippen molar-refractivity contribution >= 4 is 40.9 Å². The van der Waals surface area contributed by atoms with E-state index in [2.05, 4.69) is 10.6 Å². The summed E-state index contributed by atoms with van der Waals surface area (Å²) in [5.74, 6) is -0.337. The standard InChI is InChI=1S/C21H24N2O4S/c1-3-6-19(24)23-17-7-5-8-18(13-17)28-14-20(25)22-16-11-9-15(10-12-16)21(26)27-4-2/h5,7-13H,3-4,6,14H2,1-2H3,(H,22,25)(H,23,24). The van der Waals surface area contributed by atoms with E-state index in [0.717, 1.165) is 17.0 Å². The summed E-state index contributed by atoms with van der Waals surface area (Å²) < 4.78 is 4.93. The first-order valence-corrected chi connectivity index (χ1v) is 10.1. The molecule has 0 atom stereocenters. The first kappa shape index (κ1) is 21.5. The fraction of sp³-hybridized carbons (Fsp3) is 0.286. The average molecular weight is 401 g/mol. The highest BCUT2D eigenvalue weighted by Crippen LogP contribution is 2.22. The topological polar surface area (TPSA) is 84.5 Å². The van der Waals surface area contributed by atoms with E-state index in [4.69, 9.17) is 4.74 Å². The number of thioether (sulfide) groups is 1. The maximum absolute atomic E-state index is 12.2. The number of ether oxygens (including phenoxy) is 1. The Balaban J connectivity index is 1.85. The molecule has 0 radical (unpaired) electrons. The zero-order valence-electron chi connectivity index (χ0n) is 16.0. The van der Waals surface area contributed by atoms with E-state index in [1.807, 2.05) is 31.2 Å². The zero-order valence-corrected chi connectivity index (χ0v) is 16.8. The SMILES string of the molecule is CCCC(=O)Nc1cccc(SCC(=O)Nc2ccc(C(=O)OCC)cc2)c1. The van der Waals surface area contributed by atoms with Crippen molar-refractivity contribution in [1.29, 1.82) is 0 Å². The number of nitrogens with one attached hydrogen (secondary N) is 2. The van der Waals surface area contributed by atoms with Crippen molar-refractivity contribution in [2.24, 2.45) is 0 Å². The number of benzene rings is 2. The predicted octanol–water partition coefficient (Wildman–Crippen LogP) is 4.33. The molecule has 2 aromatic rings. The lowest BCUT2D eigenvalue weighted by Crippen LogP contribution is -2.14. The fourth-order valence-electron chi connectivity index (χ4n) is 2.36. The van der Waals surface area contributed by atoms with E-state index < -0.39 is 0 Å². The van der Waals surface area contributed by atoms with Gasteiger partial charge in [-0.05, 0) is 55.8 Å². The summed E-state index contributed by atoms with van der Waals surface area (Å²) in [4.78, 5) is 36.4. The van der Waals surface area contributed by atoms with Gasteiger partial charge in [-0.2, -0.15) is 0 Å². The zero-order chi connectivity index (χ0) is 20.4. The van der Waals surface area contributed by atoms with Gasteiger partial charge in [-0.3, -0.25) is 9.59 Å². The van der Waals surface area contributed by atoms with Crippen LogP contribution < -0.4 is 10.6 Å². The van der Waals surface area contributed by atoms with Crippen molar-refractivity contribution in [3.63, 3.8) is 0 Å². The van der Waals surface area contributed by atoms with Crippen molar-refractivity contribution in [2.75, 3.05) is 23.0 Å². The van der Waals surface area contributed by atoms with Gasteiger partial charge in [0.15, 0.2) is 0 Å². The molecular weight excluding hydrogens is 376 g/mol. The van der Waals surface area contributed by atoms with Crippen LogP contribution in [0.25, 0.3) is 0 Å². The first-order valence-electron chi connectivity index (χ1n) is 9.11. The number of rotatable bonds is 9. The molecule has 0 aliphatic carbocycles. The quantitative estimate of drug-likeness (QED) is 0.483. The Morgan fingerprint density at radius 3 is 2.32 bits per heavy atom. The summed E-state index contributed by atoms with van der Waals surface area (Å²) >= 11 is 1.38. The summed E-state index contributed by atoms with van der Waals surface area (Å²) in [5.41, 5.74) is 1.77. The predicted molar refractivity (Wildman–Crippen MR) is 112 cm³/mol. The molecule has 2 amide bonds. The molecule has 0 fully saturated rings. The van der Waals surface area contributed by atoms with E-state index in [-0.39, 0.29) is 23.5 Å². The lowest BCUT2D eigenvalue weighted by atomic mass is 10.2. The Labute approximate surface area is 169 Å².